The minimum Gasteiger partial charge on any atom is -0.387 e. The molecule has 1 aromatic heterocycles. The SMILES string of the molecule is CC[C@H](O)c1ccc(Cl)cn1.S. The van der Waals surface area contributed by atoms with Crippen LogP contribution in [0.1, 0.15) is 25.1 Å². The van der Waals surface area contributed by atoms with Crippen molar-refractivity contribution in [1.29, 1.82) is 0 Å². The van der Waals surface area contributed by atoms with Crippen molar-refractivity contribution >= 4 is 25.1 Å². The Morgan fingerprint density at radius 2 is 2.25 bits per heavy atom. The van der Waals surface area contributed by atoms with E-state index in [9.17, 15) is 5.11 Å². The van der Waals surface area contributed by atoms with E-state index in [0.29, 0.717) is 17.1 Å². The average molecular weight is 206 g/mol. The molecule has 0 aliphatic heterocycles. The predicted molar refractivity (Wildman–Crippen MR) is 54.9 cm³/mol. The van der Waals surface area contributed by atoms with E-state index < -0.39 is 6.10 Å². The molecule has 12 heavy (non-hydrogen) atoms. The maximum absolute atomic E-state index is 9.31. The quantitative estimate of drug-likeness (QED) is 0.804. The van der Waals surface area contributed by atoms with Gasteiger partial charge in [-0.15, -0.1) is 0 Å². The van der Waals surface area contributed by atoms with E-state index in [1.807, 2.05) is 6.92 Å². The molecule has 0 unspecified atom stereocenters. The lowest BCUT2D eigenvalue weighted by atomic mass is 10.2. The summed E-state index contributed by atoms with van der Waals surface area (Å²) in [5, 5.41) is 9.91. The van der Waals surface area contributed by atoms with E-state index >= 15 is 0 Å². The predicted octanol–water partition coefficient (Wildman–Crippen LogP) is 2.29. The number of aliphatic hydroxyl groups is 1. The standard InChI is InChI=1S/C8H10ClNO.H2S/c1-2-8(11)7-4-3-6(9)5-10-7;/h3-5,8,11H,2H2,1H3;1H2/t8-;/m0./s1. The number of aliphatic hydroxyl groups excluding tert-OH is 1. The first kappa shape index (κ1) is 11.8. The van der Waals surface area contributed by atoms with Crippen LogP contribution in [0, 0.1) is 0 Å². The number of halogens is 1. The molecule has 1 heterocycles. The molecule has 1 atom stereocenters. The van der Waals surface area contributed by atoms with Gasteiger partial charge in [0, 0.05) is 6.20 Å². The molecular weight excluding hydrogens is 194 g/mol. The molecule has 1 N–H and O–H groups in total. The highest BCUT2D eigenvalue weighted by Gasteiger charge is 2.04. The molecule has 0 radical (unpaired) electrons. The number of rotatable bonds is 2. The summed E-state index contributed by atoms with van der Waals surface area (Å²) in [5.41, 5.74) is 0.678. The van der Waals surface area contributed by atoms with Crippen LogP contribution in [0.3, 0.4) is 0 Å². The van der Waals surface area contributed by atoms with E-state index in [1.54, 1.807) is 12.1 Å². The molecule has 0 aromatic carbocycles. The number of pyridine rings is 1. The van der Waals surface area contributed by atoms with Gasteiger partial charge in [0.2, 0.25) is 0 Å². The Labute approximate surface area is 84.0 Å². The van der Waals surface area contributed by atoms with Gasteiger partial charge in [0.05, 0.1) is 16.8 Å². The first-order chi connectivity index (χ1) is 5.24. The molecule has 1 aromatic rings. The van der Waals surface area contributed by atoms with Crippen molar-refractivity contribution in [2.45, 2.75) is 19.4 Å². The molecule has 0 aliphatic rings. The van der Waals surface area contributed by atoms with Crippen molar-refractivity contribution in [3.63, 3.8) is 0 Å². The topological polar surface area (TPSA) is 33.1 Å². The van der Waals surface area contributed by atoms with Gasteiger partial charge >= 0.3 is 0 Å². The lowest BCUT2D eigenvalue weighted by Crippen LogP contribution is -1.97. The first-order valence-electron chi connectivity index (χ1n) is 3.53. The smallest absolute Gasteiger partial charge is 0.0957 e. The number of hydrogen-bond donors (Lipinski definition) is 1. The second-order valence-electron chi connectivity index (χ2n) is 2.33. The Morgan fingerprint density at radius 1 is 1.58 bits per heavy atom. The van der Waals surface area contributed by atoms with Gasteiger partial charge in [0.15, 0.2) is 0 Å². The molecule has 0 amide bonds. The largest absolute Gasteiger partial charge is 0.387 e. The lowest BCUT2D eigenvalue weighted by Gasteiger charge is -2.05. The zero-order valence-corrected chi connectivity index (χ0v) is 8.54. The molecule has 4 heteroatoms. The molecule has 0 saturated carbocycles. The molecule has 0 spiro atoms. The third kappa shape index (κ3) is 3.01. The molecule has 2 nitrogen and oxygen atoms in total. The fourth-order valence-corrected chi connectivity index (χ4v) is 0.905. The Kier molecular flexibility index (Phi) is 5.29. The Balaban J connectivity index is 0.00000121. The van der Waals surface area contributed by atoms with E-state index in [1.165, 1.54) is 6.20 Å². The van der Waals surface area contributed by atoms with Crippen LogP contribution in [-0.2, 0) is 0 Å². The van der Waals surface area contributed by atoms with E-state index in [4.69, 9.17) is 11.6 Å². The summed E-state index contributed by atoms with van der Waals surface area (Å²) in [4.78, 5) is 3.97. The minimum atomic E-state index is -0.465. The second-order valence-corrected chi connectivity index (χ2v) is 2.76. The van der Waals surface area contributed by atoms with Gasteiger partial charge in [-0.1, -0.05) is 18.5 Å². The molecule has 0 fully saturated rings. The zero-order valence-electron chi connectivity index (χ0n) is 6.79. The summed E-state index contributed by atoms with van der Waals surface area (Å²) < 4.78 is 0. The van der Waals surface area contributed by atoms with E-state index in [2.05, 4.69) is 4.98 Å². The summed E-state index contributed by atoms with van der Waals surface area (Å²) in [6.07, 6.45) is 1.75. The van der Waals surface area contributed by atoms with Crippen molar-refractivity contribution in [2.24, 2.45) is 0 Å². The van der Waals surface area contributed by atoms with Gasteiger partial charge < -0.3 is 5.11 Å². The number of hydrogen-bond acceptors (Lipinski definition) is 2. The summed E-state index contributed by atoms with van der Waals surface area (Å²) in [7, 11) is 0. The van der Waals surface area contributed by atoms with Crippen molar-refractivity contribution in [3.05, 3.63) is 29.0 Å². The highest BCUT2D eigenvalue weighted by molar-refractivity contribution is 7.59. The van der Waals surface area contributed by atoms with Crippen LogP contribution in [0.4, 0.5) is 0 Å². The van der Waals surface area contributed by atoms with Crippen LogP contribution in [0.15, 0.2) is 18.3 Å². The molecule has 0 aliphatic carbocycles. The molecule has 1 rings (SSSR count). The summed E-state index contributed by atoms with van der Waals surface area (Å²) in [6, 6.07) is 3.46. The number of aromatic nitrogens is 1. The van der Waals surface area contributed by atoms with Crippen LogP contribution in [0.2, 0.25) is 5.02 Å². The van der Waals surface area contributed by atoms with Crippen LogP contribution in [-0.4, -0.2) is 10.1 Å². The van der Waals surface area contributed by atoms with Crippen molar-refractivity contribution < 1.29 is 5.11 Å². The van der Waals surface area contributed by atoms with Crippen LogP contribution in [0.5, 0.6) is 0 Å². The Bertz CT molecular complexity index is 227. The Morgan fingerprint density at radius 3 is 2.67 bits per heavy atom. The van der Waals surface area contributed by atoms with Crippen molar-refractivity contribution in [1.82, 2.24) is 4.98 Å². The number of nitrogens with zero attached hydrogens (tertiary/aromatic N) is 1. The van der Waals surface area contributed by atoms with Crippen LogP contribution >= 0.6 is 25.1 Å². The van der Waals surface area contributed by atoms with Crippen molar-refractivity contribution in [3.8, 4) is 0 Å². The van der Waals surface area contributed by atoms with Crippen molar-refractivity contribution in [2.75, 3.05) is 0 Å². The highest BCUT2D eigenvalue weighted by atomic mass is 35.5. The molecule has 0 bridgehead atoms. The highest BCUT2D eigenvalue weighted by Crippen LogP contribution is 2.14. The summed E-state index contributed by atoms with van der Waals surface area (Å²) >= 11 is 5.62. The van der Waals surface area contributed by atoms with Crippen LogP contribution in [0.25, 0.3) is 0 Å². The third-order valence-electron chi connectivity index (χ3n) is 1.48. The fourth-order valence-electron chi connectivity index (χ4n) is 0.794. The van der Waals surface area contributed by atoms with Gasteiger partial charge in [-0.05, 0) is 18.6 Å². The lowest BCUT2D eigenvalue weighted by molar-refractivity contribution is 0.169. The monoisotopic (exact) mass is 205 g/mol. The molecule has 68 valence electrons. The van der Waals surface area contributed by atoms with Gasteiger partial charge in [-0.2, -0.15) is 13.5 Å². The maximum atomic E-state index is 9.31. The third-order valence-corrected chi connectivity index (χ3v) is 1.70. The summed E-state index contributed by atoms with van der Waals surface area (Å²) in [6.45, 7) is 1.90. The van der Waals surface area contributed by atoms with Gasteiger partial charge in [-0.25, -0.2) is 0 Å². The van der Waals surface area contributed by atoms with E-state index in [0.717, 1.165) is 0 Å². The molecular formula is C8H12ClNOS. The van der Waals surface area contributed by atoms with Gasteiger partial charge in [0.1, 0.15) is 0 Å². The maximum Gasteiger partial charge on any atom is 0.0957 e. The van der Waals surface area contributed by atoms with Crippen LogP contribution < -0.4 is 0 Å². The normalized spacial score (nSPS) is 11.9. The minimum absolute atomic E-state index is 0. The Hall–Kier alpha value is -0.250. The second kappa shape index (κ2) is 5.41. The zero-order chi connectivity index (χ0) is 8.27. The first-order valence-corrected chi connectivity index (χ1v) is 3.91. The molecule has 0 saturated heterocycles. The van der Waals surface area contributed by atoms with E-state index in [-0.39, 0.29) is 13.5 Å². The average Bonchev–Trinajstić information content (AvgIpc) is 2.05. The van der Waals surface area contributed by atoms with Gasteiger partial charge in [0.25, 0.3) is 0 Å². The fraction of sp³-hybridized carbons (Fsp3) is 0.375. The summed E-state index contributed by atoms with van der Waals surface area (Å²) in [5.74, 6) is 0. The van der Waals surface area contributed by atoms with Gasteiger partial charge in [-0.3, -0.25) is 4.98 Å².